The summed E-state index contributed by atoms with van der Waals surface area (Å²) in [5.41, 5.74) is 7.56. The van der Waals surface area contributed by atoms with E-state index in [1.165, 1.54) is 6.07 Å². The van der Waals surface area contributed by atoms with Crippen molar-refractivity contribution in [2.24, 2.45) is 5.73 Å². The molecule has 0 aliphatic carbocycles. The smallest absolute Gasteiger partial charge is 0.128 e. The number of aromatic nitrogens is 1. The summed E-state index contributed by atoms with van der Waals surface area (Å²) in [6, 6.07) is 10.9. The van der Waals surface area contributed by atoms with Gasteiger partial charge in [-0.1, -0.05) is 24.3 Å². The fourth-order valence-electron chi connectivity index (χ4n) is 2.34. The van der Waals surface area contributed by atoms with E-state index in [1.54, 1.807) is 12.1 Å². The minimum Gasteiger partial charge on any atom is -0.353 e. The Kier molecular flexibility index (Phi) is 4.91. The monoisotopic (exact) mass is 287 g/mol. The second-order valence-corrected chi connectivity index (χ2v) is 5.51. The molecule has 2 aromatic rings. The average Bonchev–Trinajstić information content (AvgIpc) is 2.46. The van der Waals surface area contributed by atoms with Crippen molar-refractivity contribution in [1.82, 2.24) is 4.98 Å². The molecular formula is C17H22FN3. The number of rotatable bonds is 5. The van der Waals surface area contributed by atoms with Crippen molar-refractivity contribution in [2.45, 2.75) is 32.4 Å². The van der Waals surface area contributed by atoms with E-state index in [4.69, 9.17) is 5.73 Å². The second kappa shape index (κ2) is 6.68. The summed E-state index contributed by atoms with van der Waals surface area (Å²) in [7, 11) is 1.92. The molecule has 0 aliphatic rings. The van der Waals surface area contributed by atoms with E-state index < -0.39 is 0 Å². The molecule has 0 saturated carbocycles. The van der Waals surface area contributed by atoms with Crippen molar-refractivity contribution in [2.75, 3.05) is 11.9 Å². The van der Waals surface area contributed by atoms with Gasteiger partial charge in [0.1, 0.15) is 11.6 Å². The van der Waals surface area contributed by atoms with E-state index in [2.05, 4.69) is 4.98 Å². The average molecular weight is 287 g/mol. The molecule has 0 fully saturated rings. The lowest BCUT2D eigenvalue weighted by Crippen LogP contribution is -2.23. The molecule has 2 N–H and O–H groups in total. The van der Waals surface area contributed by atoms with Crippen LogP contribution >= 0.6 is 0 Å². The summed E-state index contributed by atoms with van der Waals surface area (Å²) < 4.78 is 13.9. The van der Waals surface area contributed by atoms with Crippen LogP contribution in [0.2, 0.25) is 0 Å². The maximum Gasteiger partial charge on any atom is 0.128 e. The zero-order chi connectivity index (χ0) is 15.4. The van der Waals surface area contributed by atoms with Crippen LogP contribution in [-0.2, 0) is 6.42 Å². The van der Waals surface area contributed by atoms with Crippen molar-refractivity contribution in [3.63, 3.8) is 0 Å². The van der Waals surface area contributed by atoms with Crippen molar-refractivity contribution in [3.8, 4) is 0 Å². The molecule has 0 radical (unpaired) electrons. The Morgan fingerprint density at radius 3 is 2.48 bits per heavy atom. The molecule has 0 aliphatic heterocycles. The largest absolute Gasteiger partial charge is 0.353 e. The van der Waals surface area contributed by atoms with Crippen LogP contribution in [0.25, 0.3) is 0 Å². The molecule has 2 unspecified atom stereocenters. The van der Waals surface area contributed by atoms with Crippen LogP contribution in [0.3, 0.4) is 0 Å². The molecule has 3 nitrogen and oxygen atoms in total. The highest BCUT2D eigenvalue weighted by molar-refractivity contribution is 5.42. The first-order chi connectivity index (χ1) is 9.99. The summed E-state index contributed by atoms with van der Waals surface area (Å²) in [4.78, 5) is 6.42. The highest BCUT2D eigenvalue weighted by Gasteiger charge is 2.16. The van der Waals surface area contributed by atoms with Crippen LogP contribution in [0.4, 0.5) is 10.2 Å². The molecule has 2 rings (SSSR count). The normalized spacial score (nSPS) is 13.8. The van der Waals surface area contributed by atoms with Gasteiger partial charge in [-0.2, -0.15) is 0 Å². The van der Waals surface area contributed by atoms with Gasteiger partial charge in [0.15, 0.2) is 0 Å². The van der Waals surface area contributed by atoms with Crippen LogP contribution in [0, 0.1) is 5.82 Å². The summed E-state index contributed by atoms with van der Waals surface area (Å²) in [6.07, 6.45) is 2.64. The van der Waals surface area contributed by atoms with Gasteiger partial charge in [0.25, 0.3) is 0 Å². The van der Waals surface area contributed by atoms with Gasteiger partial charge in [0, 0.05) is 24.8 Å². The van der Waals surface area contributed by atoms with E-state index in [0.717, 1.165) is 17.8 Å². The second-order valence-electron chi connectivity index (χ2n) is 5.51. The molecule has 1 heterocycles. The number of hydrogen-bond acceptors (Lipinski definition) is 3. The molecule has 0 saturated heterocycles. The van der Waals surface area contributed by atoms with Crippen molar-refractivity contribution >= 4 is 5.82 Å². The fourth-order valence-corrected chi connectivity index (χ4v) is 2.34. The molecule has 4 heteroatoms. The first kappa shape index (κ1) is 15.4. The van der Waals surface area contributed by atoms with E-state index in [1.807, 2.05) is 50.2 Å². The summed E-state index contributed by atoms with van der Waals surface area (Å²) in [5.74, 6) is 0.629. The lowest BCUT2D eigenvalue weighted by molar-refractivity contribution is 0.584. The number of nitrogens with two attached hydrogens (primary N) is 1. The summed E-state index contributed by atoms with van der Waals surface area (Å²) in [6.45, 7) is 3.94. The van der Waals surface area contributed by atoms with Gasteiger partial charge in [-0.3, -0.25) is 0 Å². The van der Waals surface area contributed by atoms with E-state index in [-0.39, 0.29) is 17.9 Å². The Morgan fingerprint density at radius 1 is 1.19 bits per heavy atom. The molecule has 1 aromatic heterocycles. The Morgan fingerprint density at radius 2 is 1.90 bits per heavy atom. The van der Waals surface area contributed by atoms with Crippen molar-refractivity contribution in [1.29, 1.82) is 0 Å². The van der Waals surface area contributed by atoms with Gasteiger partial charge in [0.2, 0.25) is 0 Å². The first-order valence-corrected chi connectivity index (χ1v) is 7.17. The highest BCUT2D eigenvalue weighted by atomic mass is 19.1. The Hall–Kier alpha value is -1.94. The number of halogens is 1. The van der Waals surface area contributed by atoms with E-state index in [0.29, 0.717) is 5.56 Å². The molecule has 2 atom stereocenters. The number of hydrogen-bond donors (Lipinski definition) is 1. The predicted molar refractivity (Wildman–Crippen MR) is 84.8 cm³/mol. The lowest BCUT2D eigenvalue weighted by Gasteiger charge is -2.26. The first-order valence-electron chi connectivity index (χ1n) is 7.17. The van der Waals surface area contributed by atoms with Crippen LogP contribution < -0.4 is 10.6 Å². The number of pyridine rings is 1. The predicted octanol–water partition coefficient (Wildman–Crippen LogP) is 3.31. The summed E-state index contributed by atoms with van der Waals surface area (Å²) >= 11 is 0. The Balaban J connectivity index is 2.16. The zero-order valence-electron chi connectivity index (χ0n) is 12.8. The number of benzene rings is 1. The standard InChI is InChI=1S/C17H22FN3/c1-12(19)10-14-8-9-17(20-11-14)21(3)13(2)15-6-4-5-7-16(15)18/h4-9,11-13H,10,19H2,1-3H3. The maximum atomic E-state index is 13.9. The SMILES string of the molecule is CC(N)Cc1ccc(N(C)C(C)c2ccccc2F)nc1. The number of anilines is 1. The third-order valence-corrected chi connectivity index (χ3v) is 3.66. The molecular weight excluding hydrogens is 265 g/mol. The van der Waals surface area contributed by atoms with Gasteiger partial charge in [-0.05, 0) is 38.0 Å². The lowest BCUT2D eigenvalue weighted by atomic mass is 10.1. The molecule has 0 spiro atoms. The van der Waals surface area contributed by atoms with Gasteiger partial charge < -0.3 is 10.6 Å². The highest BCUT2D eigenvalue weighted by Crippen LogP contribution is 2.25. The zero-order valence-corrected chi connectivity index (χ0v) is 12.8. The Bertz CT molecular complexity index is 581. The third-order valence-electron chi connectivity index (χ3n) is 3.66. The number of nitrogens with zero attached hydrogens (tertiary/aromatic N) is 2. The maximum absolute atomic E-state index is 13.9. The minimum absolute atomic E-state index is 0.0852. The van der Waals surface area contributed by atoms with Gasteiger partial charge in [-0.15, -0.1) is 0 Å². The van der Waals surface area contributed by atoms with Crippen LogP contribution in [0.15, 0.2) is 42.6 Å². The fraction of sp³-hybridized carbons (Fsp3) is 0.353. The van der Waals surface area contributed by atoms with Gasteiger partial charge in [-0.25, -0.2) is 9.37 Å². The van der Waals surface area contributed by atoms with Gasteiger partial charge >= 0.3 is 0 Å². The van der Waals surface area contributed by atoms with E-state index >= 15 is 0 Å². The molecule has 21 heavy (non-hydrogen) atoms. The van der Waals surface area contributed by atoms with Crippen molar-refractivity contribution in [3.05, 3.63) is 59.5 Å². The quantitative estimate of drug-likeness (QED) is 0.917. The van der Waals surface area contributed by atoms with Crippen LogP contribution in [0.1, 0.15) is 31.0 Å². The molecule has 112 valence electrons. The van der Waals surface area contributed by atoms with Gasteiger partial charge in [0.05, 0.1) is 6.04 Å². The minimum atomic E-state index is -0.189. The molecule has 0 amide bonds. The third kappa shape index (κ3) is 3.79. The van der Waals surface area contributed by atoms with Crippen LogP contribution in [0.5, 0.6) is 0 Å². The molecule has 1 aromatic carbocycles. The molecule has 0 bridgehead atoms. The summed E-state index contributed by atoms with van der Waals surface area (Å²) in [5, 5.41) is 0. The Labute approximate surface area is 125 Å². The van der Waals surface area contributed by atoms with Crippen molar-refractivity contribution < 1.29 is 4.39 Å². The topological polar surface area (TPSA) is 42.1 Å². The van der Waals surface area contributed by atoms with E-state index in [9.17, 15) is 4.39 Å². The van der Waals surface area contributed by atoms with Crippen LogP contribution in [-0.4, -0.2) is 18.1 Å².